The predicted octanol–water partition coefficient (Wildman–Crippen LogP) is 2.81. The lowest BCUT2D eigenvalue weighted by molar-refractivity contribution is -0.121. The summed E-state index contributed by atoms with van der Waals surface area (Å²) in [6.07, 6.45) is 0. The highest BCUT2D eigenvalue weighted by molar-refractivity contribution is 7.89. The van der Waals surface area contributed by atoms with E-state index >= 15 is 0 Å². The Hall–Kier alpha value is -2.38. The molecule has 27 heavy (non-hydrogen) atoms. The Morgan fingerprint density at radius 3 is 2.33 bits per heavy atom. The van der Waals surface area contributed by atoms with Crippen LogP contribution in [0.3, 0.4) is 0 Å². The van der Waals surface area contributed by atoms with Crippen LogP contribution >= 0.6 is 0 Å². The zero-order valence-corrected chi connectivity index (χ0v) is 17.1. The Morgan fingerprint density at radius 2 is 1.78 bits per heavy atom. The number of ether oxygens (including phenoxy) is 1. The van der Waals surface area contributed by atoms with Gasteiger partial charge in [-0.15, -0.1) is 0 Å². The van der Waals surface area contributed by atoms with E-state index in [0.29, 0.717) is 5.75 Å². The van der Waals surface area contributed by atoms with Crippen LogP contribution in [0.4, 0.5) is 0 Å². The van der Waals surface area contributed by atoms with Gasteiger partial charge in [0.1, 0.15) is 5.75 Å². The first kappa shape index (κ1) is 20.9. The van der Waals surface area contributed by atoms with Crippen LogP contribution in [0.15, 0.2) is 47.4 Å². The smallest absolute Gasteiger partial charge is 0.243 e. The third-order valence-electron chi connectivity index (χ3n) is 4.40. The average molecular weight is 391 g/mol. The van der Waals surface area contributed by atoms with Crippen LogP contribution in [0.5, 0.6) is 5.75 Å². The van der Waals surface area contributed by atoms with Crippen molar-refractivity contribution in [2.24, 2.45) is 0 Å². The van der Waals surface area contributed by atoms with E-state index in [2.05, 4.69) is 11.4 Å². The van der Waals surface area contributed by atoms with Gasteiger partial charge in [-0.1, -0.05) is 23.8 Å². The summed E-state index contributed by atoms with van der Waals surface area (Å²) < 4.78 is 31.3. The number of nitrogens with zero attached hydrogens (tertiary/aromatic N) is 1. The summed E-state index contributed by atoms with van der Waals surface area (Å²) in [4.78, 5) is 12.5. The molecule has 2 aromatic carbocycles. The fraction of sp³-hybridized carbons (Fsp3) is 0.350. The molecule has 0 aliphatic rings. The zero-order valence-electron chi connectivity index (χ0n) is 16.3. The fourth-order valence-electron chi connectivity index (χ4n) is 2.89. The predicted molar refractivity (Wildman–Crippen MR) is 105 cm³/mol. The molecule has 1 N–H and O–H groups in total. The molecule has 0 aliphatic carbocycles. The third kappa shape index (κ3) is 5.08. The minimum atomic E-state index is -3.76. The molecule has 2 aromatic rings. The van der Waals surface area contributed by atoms with Crippen LogP contribution in [-0.4, -0.2) is 39.3 Å². The van der Waals surface area contributed by atoms with Gasteiger partial charge in [-0.3, -0.25) is 4.79 Å². The van der Waals surface area contributed by atoms with Crippen molar-refractivity contribution >= 4 is 15.9 Å². The van der Waals surface area contributed by atoms with E-state index in [1.807, 2.05) is 32.9 Å². The van der Waals surface area contributed by atoms with Gasteiger partial charge in [-0.2, -0.15) is 4.31 Å². The molecule has 0 saturated carbocycles. The minimum absolute atomic E-state index is 0.112. The molecule has 0 unspecified atom stereocenters. The maximum atomic E-state index is 12.6. The molecule has 0 aromatic heterocycles. The van der Waals surface area contributed by atoms with Crippen molar-refractivity contribution in [3.63, 3.8) is 0 Å². The molecular formula is C20H26N2O4S. The number of sulfonamides is 1. The average Bonchev–Trinajstić information content (AvgIpc) is 2.61. The second-order valence-corrected chi connectivity index (χ2v) is 8.63. The second kappa shape index (κ2) is 8.54. The van der Waals surface area contributed by atoms with Gasteiger partial charge in [0, 0.05) is 7.05 Å². The molecule has 2 rings (SSSR count). The third-order valence-corrected chi connectivity index (χ3v) is 6.22. The monoisotopic (exact) mass is 390 g/mol. The first-order valence-electron chi connectivity index (χ1n) is 8.62. The number of nitrogens with one attached hydrogen (secondary N) is 1. The van der Waals surface area contributed by atoms with Gasteiger partial charge < -0.3 is 10.1 Å². The van der Waals surface area contributed by atoms with E-state index < -0.39 is 10.0 Å². The van der Waals surface area contributed by atoms with Gasteiger partial charge in [-0.05, 0) is 56.2 Å². The van der Waals surface area contributed by atoms with E-state index in [1.165, 1.54) is 26.3 Å². The number of amides is 1. The number of likely N-dealkylation sites (N-methyl/N-ethyl adjacent to an activating group) is 1. The Bertz CT molecular complexity index is 908. The lowest BCUT2D eigenvalue weighted by Gasteiger charge is -2.20. The number of hydrogen-bond donors (Lipinski definition) is 1. The normalized spacial score (nSPS) is 12.7. The highest BCUT2D eigenvalue weighted by Crippen LogP contribution is 2.20. The summed E-state index contributed by atoms with van der Waals surface area (Å²) in [5.41, 5.74) is 3.25. The lowest BCUT2D eigenvalue weighted by atomic mass is 10.0. The molecule has 0 bridgehead atoms. The molecule has 0 spiro atoms. The summed E-state index contributed by atoms with van der Waals surface area (Å²) in [5.74, 6) is 0.207. The van der Waals surface area contributed by atoms with E-state index in [0.717, 1.165) is 21.0 Å². The van der Waals surface area contributed by atoms with Crippen molar-refractivity contribution in [3.8, 4) is 5.75 Å². The van der Waals surface area contributed by atoms with Crippen molar-refractivity contribution in [1.82, 2.24) is 9.62 Å². The van der Waals surface area contributed by atoms with E-state index in [-0.39, 0.29) is 23.4 Å². The Kier molecular flexibility index (Phi) is 6.62. The van der Waals surface area contributed by atoms with E-state index in [4.69, 9.17) is 4.74 Å². The molecule has 1 atom stereocenters. The molecule has 0 fully saturated rings. The molecule has 146 valence electrons. The standard InChI is InChI=1S/C20H26N2O4S/c1-14-6-11-19(15(2)12-14)16(3)21-20(23)13-22(4)27(24,25)18-9-7-17(26-5)8-10-18/h6-12,16H,13H2,1-5H3,(H,21,23)/t16-/m0/s1. The summed E-state index contributed by atoms with van der Waals surface area (Å²) in [7, 11) is -0.856. The van der Waals surface area contributed by atoms with Crippen molar-refractivity contribution in [2.75, 3.05) is 20.7 Å². The second-order valence-electron chi connectivity index (χ2n) is 6.59. The molecule has 0 heterocycles. The molecule has 0 saturated heterocycles. The molecule has 0 radical (unpaired) electrons. The van der Waals surface area contributed by atoms with Gasteiger partial charge in [-0.25, -0.2) is 8.42 Å². The molecule has 7 heteroatoms. The van der Waals surface area contributed by atoms with Crippen molar-refractivity contribution in [2.45, 2.75) is 31.7 Å². The van der Waals surface area contributed by atoms with Crippen LogP contribution in [0, 0.1) is 13.8 Å². The van der Waals surface area contributed by atoms with Crippen LogP contribution < -0.4 is 10.1 Å². The molecular weight excluding hydrogens is 364 g/mol. The number of carbonyl (C=O) groups is 1. The summed E-state index contributed by atoms with van der Waals surface area (Å²) in [5, 5.41) is 2.86. The molecule has 1 amide bonds. The number of methoxy groups -OCH3 is 1. The summed E-state index contributed by atoms with van der Waals surface area (Å²) in [6.45, 7) is 5.63. The topological polar surface area (TPSA) is 75.7 Å². The maximum absolute atomic E-state index is 12.6. The molecule has 0 aliphatic heterocycles. The Labute approximate surface area is 161 Å². The number of benzene rings is 2. The first-order chi connectivity index (χ1) is 12.6. The number of hydrogen-bond acceptors (Lipinski definition) is 4. The van der Waals surface area contributed by atoms with Gasteiger partial charge >= 0.3 is 0 Å². The van der Waals surface area contributed by atoms with E-state index in [1.54, 1.807) is 12.1 Å². The number of carbonyl (C=O) groups excluding carboxylic acids is 1. The fourth-order valence-corrected chi connectivity index (χ4v) is 4.02. The number of rotatable bonds is 7. The SMILES string of the molecule is COc1ccc(S(=O)(=O)N(C)CC(=O)N[C@@H](C)c2ccc(C)cc2C)cc1. The van der Waals surface area contributed by atoms with Gasteiger partial charge in [0.2, 0.25) is 15.9 Å². The zero-order chi connectivity index (χ0) is 20.2. The Morgan fingerprint density at radius 1 is 1.15 bits per heavy atom. The highest BCUT2D eigenvalue weighted by Gasteiger charge is 2.23. The quantitative estimate of drug-likeness (QED) is 0.789. The van der Waals surface area contributed by atoms with Crippen LogP contribution in [-0.2, 0) is 14.8 Å². The van der Waals surface area contributed by atoms with Crippen LogP contribution in [0.1, 0.15) is 29.7 Å². The highest BCUT2D eigenvalue weighted by atomic mass is 32.2. The van der Waals surface area contributed by atoms with Crippen molar-refractivity contribution in [3.05, 3.63) is 59.2 Å². The van der Waals surface area contributed by atoms with Gasteiger partial charge in [0.05, 0.1) is 24.6 Å². The van der Waals surface area contributed by atoms with Crippen LogP contribution in [0.2, 0.25) is 0 Å². The first-order valence-corrected chi connectivity index (χ1v) is 10.1. The number of aryl methyl sites for hydroxylation is 2. The summed E-state index contributed by atoms with van der Waals surface area (Å²) >= 11 is 0. The molecule has 6 nitrogen and oxygen atoms in total. The van der Waals surface area contributed by atoms with Crippen LogP contribution in [0.25, 0.3) is 0 Å². The van der Waals surface area contributed by atoms with E-state index in [9.17, 15) is 13.2 Å². The van der Waals surface area contributed by atoms with Gasteiger partial charge in [0.25, 0.3) is 0 Å². The summed E-state index contributed by atoms with van der Waals surface area (Å²) in [6, 6.07) is 11.9. The van der Waals surface area contributed by atoms with Crippen molar-refractivity contribution in [1.29, 1.82) is 0 Å². The maximum Gasteiger partial charge on any atom is 0.243 e. The minimum Gasteiger partial charge on any atom is -0.497 e. The van der Waals surface area contributed by atoms with Crippen molar-refractivity contribution < 1.29 is 17.9 Å². The largest absolute Gasteiger partial charge is 0.497 e. The lowest BCUT2D eigenvalue weighted by Crippen LogP contribution is -2.39. The Balaban J connectivity index is 2.05. The van der Waals surface area contributed by atoms with Gasteiger partial charge in [0.15, 0.2) is 0 Å².